The number of nitrogens with one attached hydrogen (secondary N) is 1. The van der Waals surface area contributed by atoms with E-state index in [2.05, 4.69) is 21.2 Å². The summed E-state index contributed by atoms with van der Waals surface area (Å²) in [5.41, 5.74) is 0.654. The lowest BCUT2D eigenvalue weighted by molar-refractivity contribution is 0.208. The average molecular weight is 326 g/mol. The van der Waals surface area contributed by atoms with Crippen LogP contribution in [0.1, 0.15) is 13.3 Å². The second-order valence-corrected chi connectivity index (χ2v) is 4.95. The Balaban J connectivity index is 2.74. The number of methoxy groups -OCH3 is 1. The number of benzene rings is 1. The van der Waals surface area contributed by atoms with E-state index in [9.17, 15) is 4.79 Å². The smallest absolute Gasteiger partial charge is 0.321 e. The van der Waals surface area contributed by atoms with Gasteiger partial charge in [0.15, 0.2) is 0 Å². The van der Waals surface area contributed by atoms with Gasteiger partial charge in [-0.15, -0.1) is 0 Å². The molecule has 0 aliphatic rings. The van der Waals surface area contributed by atoms with Crippen LogP contribution in [-0.4, -0.2) is 31.1 Å². The summed E-state index contributed by atoms with van der Waals surface area (Å²) in [4.78, 5) is 13.5. The van der Waals surface area contributed by atoms with Crippen LogP contribution in [0, 0.1) is 11.3 Å². The standard InChI is InChI=1S/C13H16BrN3O2/c1-9(6-7-15)17(2)13(18)16-12-5-4-10(19-3)8-11(12)14/h4-5,8-9H,6H2,1-3H3,(H,16,18)/t9-/m0/s1. The van der Waals surface area contributed by atoms with E-state index in [0.29, 0.717) is 17.9 Å². The van der Waals surface area contributed by atoms with E-state index >= 15 is 0 Å². The second kappa shape index (κ2) is 7.00. The van der Waals surface area contributed by atoms with Gasteiger partial charge in [-0.25, -0.2) is 4.79 Å². The summed E-state index contributed by atoms with van der Waals surface area (Å²) in [5.74, 6) is 0.705. The molecule has 6 heteroatoms. The van der Waals surface area contributed by atoms with Gasteiger partial charge in [-0.3, -0.25) is 0 Å². The molecule has 0 aromatic heterocycles. The predicted molar refractivity (Wildman–Crippen MR) is 77.2 cm³/mol. The number of nitrogens with zero attached hydrogens (tertiary/aromatic N) is 2. The summed E-state index contributed by atoms with van der Waals surface area (Å²) in [6, 6.07) is 6.94. The zero-order valence-corrected chi connectivity index (χ0v) is 12.7. The van der Waals surface area contributed by atoms with Gasteiger partial charge in [0, 0.05) is 17.6 Å². The Hall–Kier alpha value is -1.74. The summed E-state index contributed by atoms with van der Waals surface area (Å²) in [7, 11) is 3.24. The van der Waals surface area contributed by atoms with Crippen molar-refractivity contribution in [2.24, 2.45) is 0 Å². The Morgan fingerprint density at radius 1 is 1.63 bits per heavy atom. The molecule has 0 radical (unpaired) electrons. The van der Waals surface area contributed by atoms with E-state index < -0.39 is 0 Å². The highest BCUT2D eigenvalue weighted by Crippen LogP contribution is 2.27. The minimum Gasteiger partial charge on any atom is -0.497 e. The largest absolute Gasteiger partial charge is 0.497 e. The first-order valence-corrected chi connectivity index (χ1v) is 6.53. The molecule has 0 saturated carbocycles. The summed E-state index contributed by atoms with van der Waals surface area (Å²) in [6.07, 6.45) is 0.299. The Labute approximate surface area is 121 Å². The van der Waals surface area contributed by atoms with Gasteiger partial charge in [0.25, 0.3) is 0 Å². The van der Waals surface area contributed by atoms with Crippen molar-refractivity contribution < 1.29 is 9.53 Å². The second-order valence-electron chi connectivity index (χ2n) is 4.10. The Morgan fingerprint density at radius 3 is 2.84 bits per heavy atom. The van der Waals surface area contributed by atoms with E-state index in [1.165, 1.54) is 4.90 Å². The van der Waals surface area contributed by atoms with Crippen molar-refractivity contribution >= 4 is 27.6 Å². The van der Waals surface area contributed by atoms with E-state index in [4.69, 9.17) is 10.00 Å². The number of hydrogen-bond acceptors (Lipinski definition) is 3. The fourth-order valence-corrected chi connectivity index (χ4v) is 1.85. The third-order valence-electron chi connectivity index (χ3n) is 2.79. The fourth-order valence-electron chi connectivity index (χ4n) is 1.40. The topological polar surface area (TPSA) is 65.4 Å². The molecule has 1 aromatic rings. The number of halogens is 1. The Kier molecular flexibility index (Phi) is 5.64. The van der Waals surface area contributed by atoms with E-state index in [1.807, 2.05) is 13.0 Å². The van der Waals surface area contributed by atoms with Gasteiger partial charge in [0.2, 0.25) is 0 Å². The highest BCUT2D eigenvalue weighted by molar-refractivity contribution is 9.10. The lowest BCUT2D eigenvalue weighted by Crippen LogP contribution is -2.38. The van der Waals surface area contributed by atoms with Crippen molar-refractivity contribution in [3.63, 3.8) is 0 Å². The average Bonchev–Trinajstić information content (AvgIpc) is 2.40. The van der Waals surface area contributed by atoms with Crippen LogP contribution in [0.5, 0.6) is 5.75 Å². The highest BCUT2D eigenvalue weighted by Gasteiger charge is 2.16. The number of carbonyl (C=O) groups is 1. The molecule has 0 aliphatic carbocycles. The summed E-state index contributed by atoms with van der Waals surface area (Å²) >= 11 is 3.37. The van der Waals surface area contributed by atoms with Crippen LogP contribution in [0.3, 0.4) is 0 Å². The molecule has 0 spiro atoms. The molecule has 1 N–H and O–H groups in total. The van der Waals surface area contributed by atoms with Crippen molar-refractivity contribution in [1.82, 2.24) is 4.90 Å². The zero-order chi connectivity index (χ0) is 14.4. The van der Waals surface area contributed by atoms with Crippen molar-refractivity contribution in [2.45, 2.75) is 19.4 Å². The fraction of sp³-hybridized carbons (Fsp3) is 0.385. The molecule has 19 heavy (non-hydrogen) atoms. The molecule has 1 aromatic carbocycles. The molecular weight excluding hydrogens is 310 g/mol. The highest BCUT2D eigenvalue weighted by atomic mass is 79.9. The maximum absolute atomic E-state index is 12.0. The van der Waals surface area contributed by atoms with E-state index in [0.717, 1.165) is 4.47 Å². The van der Waals surface area contributed by atoms with Gasteiger partial charge in [-0.1, -0.05) is 0 Å². The third-order valence-corrected chi connectivity index (χ3v) is 3.44. The van der Waals surface area contributed by atoms with Gasteiger partial charge in [0.05, 0.1) is 25.3 Å². The molecule has 0 unspecified atom stereocenters. The van der Waals surface area contributed by atoms with Crippen molar-refractivity contribution in [1.29, 1.82) is 5.26 Å². The molecule has 102 valence electrons. The summed E-state index contributed by atoms with van der Waals surface area (Å²) in [5, 5.41) is 11.4. The quantitative estimate of drug-likeness (QED) is 0.924. The van der Waals surface area contributed by atoms with Crippen LogP contribution >= 0.6 is 15.9 Å². The molecule has 0 bridgehead atoms. The van der Waals surface area contributed by atoms with Gasteiger partial charge in [-0.05, 0) is 41.1 Å². The molecular formula is C13H16BrN3O2. The van der Waals surface area contributed by atoms with E-state index in [-0.39, 0.29) is 12.1 Å². The van der Waals surface area contributed by atoms with Crippen molar-refractivity contribution in [3.8, 4) is 11.8 Å². The molecule has 5 nitrogen and oxygen atoms in total. The zero-order valence-electron chi connectivity index (χ0n) is 11.1. The first-order valence-electron chi connectivity index (χ1n) is 5.74. The van der Waals surface area contributed by atoms with Crippen molar-refractivity contribution in [2.75, 3.05) is 19.5 Å². The summed E-state index contributed by atoms with van der Waals surface area (Å²) < 4.78 is 5.82. The minimum atomic E-state index is -0.256. The number of amides is 2. The molecule has 1 atom stereocenters. The van der Waals surface area contributed by atoms with Gasteiger partial charge < -0.3 is 15.0 Å². The number of anilines is 1. The number of ether oxygens (including phenoxy) is 1. The lowest BCUT2D eigenvalue weighted by atomic mass is 10.2. The van der Waals surface area contributed by atoms with Crippen LogP contribution < -0.4 is 10.1 Å². The summed E-state index contributed by atoms with van der Waals surface area (Å²) in [6.45, 7) is 1.83. The normalized spacial score (nSPS) is 11.3. The number of nitriles is 1. The van der Waals surface area contributed by atoms with E-state index in [1.54, 1.807) is 32.4 Å². The van der Waals surface area contributed by atoms with Crippen LogP contribution in [-0.2, 0) is 0 Å². The first kappa shape index (κ1) is 15.3. The van der Waals surface area contributed by atoms with Gasteiger partial charge >= 0.3 is 6.03 Å². The molecule has 0 aliphatic heterocycles. The Morgan fingerprint density at radius 2 is 2.32 bits per heavy atom. The number of urea groups is 1. The minimum absolute atomic E-state index is 0.137. The number of hydrogen-bond donors (Lipinski definition) is 1. The van der Waals surface area contributed by atoms with Crippen LogP contribution in [0.25, 0.3) is 0 Å². The van der Waals surface area contributed by atoms with Gasteiger partial charge in [0.1, 0.15) is 5.75 Å². The molecule has 2 amide bonds. The first-order chi connectivity index (χ1) is 8.99. The molecule has 1 rings (SSSR count). The Bertz CT molecular complexity index is 499. The van der Waals surface area contributed by atoms with Crippen LogP contribution in [0.15, 0.2) is 22.7 Å². The molecule has 0 fully saturated rings. The SMILES string of the molecule is COc1ccc(NC(=O)N(C)[C@@H](C)CC#N)c(Br)c1. The van der Waals surface area contributed by atoms with Crippen LogP contribution in [0.2, 0.25) is 0 Å². The van der Waals surface area contributed by atoms with Crippen LogP contribution in [0.4, 0.5) is 10.5 Å². The van der Waals surface area contributed by atoms with Crippen molar-refractivity contribution in [3.05, 3.63) is 22.7 Å². The predicted octanol–water partition coefficient (Wildman–Crippen LogP) is 3.22. The number of rotatable bonds is 4. The lowest BCUT2D eigenvalue weighted by Gasteiger charge is -2.23. The monoisotopic (exact) mass is 325 g/mol. The maximum Gasteiger partial charge on any atom is 0.321 e. The number of carbonyl (C=O) groups excluding carboxylic acids is 1. The molecule has 0 heterocycles. The third kappa shape index (κ3) is 4.14. The maximum atomic E-state index is 12.0. The van der Waals surface area contributed by atoms with Gasteiger partial charge in [-0.2, -0.15) is 5.26 Å². The molecule has 0 saturated heterocycles.